The fraction of sp³-hybridized carbons (Fsp3) is 0.421. The molecule has 3 N–H and O–H groups in total. The van der Waals surface area contributed by atoms with Crippen molar-refractivity contribution >= 4 is 35.0 Å². The number of carbonyl (C=O) groups is 2. The molecule has 1 aliphatic heterocycles. The molecule has 0 unspecified atom stereocenters. The van der Waals surface area contributed by atoms with Crippen LogP contribution in [0.3, 0.4) is 0 Å². The normalized spacial score (nSPS) is 15.0. The summed E-state index contributed by atoms with van der Waals surface area (Å²) in [6, 6.07) is 6.59. The first-order valence-electron chi connectivity index (χ1n) is 8.79. The SMILES string of the molecule is CC(C)(C)OC(=O)N1CCN(/C=C(/C#N)C(=O)Nc2ccc(N)cc2Cl)CC1. The van der Waals surface area contributed by atoms with Gasteiger partial charge in [-0.15, -0.1) is 0 Å². The number of nitriles is 1. The maximum Gasteiger partial charge on any atom is 0.410 e. The minimum Gasteiger partial charge on any atom is -0.444 e. The third-order valence-electron chi connectivity index (χ3n) is 3.88. The number of ether oxygens (including phenoxy) is 1. The molecule has 8 nitrogen and oxygen atoms in total. The van der Waals surface area contributed by atoms with E-state index in [1.54, 1.807) is 17.0 Å². The highest BCUT2D eigenvalue weighted by Crippen LogP contribution is 2.24. The topological polar surface area (TPSA) is 112 Å². The minimum absolute atomic E-state index is 0.0568. The number of rotatable bonds is 3. The number of carbonyl (C=O) groups excluding carboxylic acids is 2. The molecule has 1 aromatic carbocycles. The number of nitrogens with two attached hydrogens (primary N) is 1. The summed E-state index contributed by atoms with van der Waals surface area (Å²) in [6.07, 6.45) is 1.12. The van der Waals surface area contributed by atoms with Crippen LogP contribution < -0.4 is 11.1 Å². The van der Waals surface area contributed by atoms with E-state index in [0.29, 0.717) is 37.6 Å². The lowest BCUT2D eigenvalue weighted by atomic mass is 10.2. The zero-order chi connectivity index (χ0) is 20.9. The molecular weight excluding hydrogens is 382 g/mol. The molecule has 0 atom stereocenters. The Morgan fingerprint density at radius 3 is 2.46 bits per heavy atom. The van der Waals surface area contributed by atoms with E-state index in [2.05, 4.69) is 5.32 Å². The number of halogens is 1. The molecule has 0 spiro atoms. The molecule has 0 bridgehead atoms. The van der Waals surface area contributed by atoms with E-state index in [1.165, 1.54) is 12.3 Å². The second-order valence-electron chi connectivity index (χ2n) is 7.35. The summed E-state index contributed by atoms with van der Waals surface area (Å²) >= 11 is 6.05. The van der Waals surface area contributed by atoms with Crippen LogP contribution in [-0.2, 0) is 9.53 Å². The van der Waals surface area contributed by atoms with Crippen molar-refractivity contribution in [3.8, 4) is 6.07 Å². The maximum absolute atomic E-state index is 12.4. The highest BCUT2D eigenvalue weighted by molar-refractivity contribution is 6.34. The van der Waals surface area contributed by atoms with Gasteiger partial charge in [0.1, 0.15) is 17.2 Å². The van der Waals surface area contributed by atoms with E-state index >= 15 is 0 Å². The van der Waals surface area contributed by atoms with Crippen LogP contribution in [-0.4, -0.2) is 53.6 Å². The molecule has 9 heteroatoms. The van der Waals surface area contributed by atoms with Crippen molar-refractivity contribution < 1.29 is 14.3 Å². The first kappa shape index (κ1) is 21.4. The summed E-state index contributed by atoms with van der Waals surface area (Å²) < 4.78 is 5.35. The van der Waals surface area contributed by atoms with Crippen LogP contribution in [0.4, 0.5) is 16.2 Å². The van der Waals surface area contributed by atoms with Gasteiger partial charge in [-0.3, -0.25) is 4.79 Å². The van der Waals surface area contributed by atoms with E-state index in [9.17, 15) is 14.9 Å². The van der Waals surface area contributed by atoms with Crippen LogP contribution in [0.2, 0.25) is 5.02 Å². The molecule has 28 heavy (non-hydrogen) atoms. The van der Waals surface area contributed by atoms with Crippen LogP contribution in [0.5, 0.6) is 0 Å². The van der Waals surface area contributed by atoms with Crippen LogP contribution in [0.25, 0.3) is 0 Å². The zero-order valence-corrected chi connectivity index (χ0v) is 16.9. The van der Waals surface area contributed by atoms with Gasteiger partial charge in [0.2, 0.25) is 0 Å². The van der Waals surface area contributed by atoms with Gasteiger partial charge < -0.3 is 25.6 Å². The lowest BCUT2D eigenvalue weighted by Gasteiger charge is -2.35. The van der Waals surface area contributed by atoms with Crippen LogP contribution >= 0.6 is 11.6 Å². The molecule has 1 aliphatic rings. The Balaban J connectivity index is 1.97. The van der Waals surface area contributed by atoms with Crippen molar-refractivity contribution in [2.45, 2.75) is 26.4 Å². The van der Waals surface area contributed by atoms with Crippen molar-refractivity contribution in [2.24, 2.45) is 0 Å². The fourth-order valence-corrected chi connectivity index (χ4v) is 2.74. The summed E-state index contributed by atoms with van der Waals surface area (Å²) in [4.78, 5) is 27.9. The van der Waals surface area contributed by atoms with Gasteiger partial charge in [0, 0.05) is 38.1 Å². The van der Waals surface area contributed by atoms with Crippen LogP contribution in [0.1, 0.15) is 20.8 Å². The van der Waals surface area contributed by atoms with Crippen molar-refractivity contribution in [1.29, 1.82) is 5.26 Å². The number of piperazine rings is 1. The quantitative estimate of drug-likeness (QED) is 0.454. The predicted molar refractivity (Wildman–Crippen MR) is 108 cm³/mol. The number of nitrogens with zero attached hydrogens (tertiary/aromatic N) is 3. The number of benzene rings is 1. The average molecular weight is 406 g/mol. The molecule has 1 saturated heterocycles. The third kappa shape index (κ3) is 6.06. The summed E-state index contributed by atoms with van der Waals surface area (Å²) in [5.74, 6) is -0.566. The van der Waals surface area contributed by atoms with Gasteiger partial charge in [-0.05, 0) is 39.0 Å². The Morgan fingerprint density at radius 1 is 1.29 bits per heavy atom. The van der Waals surface area contributed by atoms with Crippen LogP contribution in [0, 0.1) is 11.3 Å². The van der Waals surface area contributed by atoms with Crippen molar-refractivity contribution in [3.05, 3.63) is 35.0 Å². The number of nitrogens with one attached hydrogen (secondary N) is 1. The Hall–Kier alpha value is -2.92. The fourth-order valence-electron chi connectivity index (χ4n) is 2.50. The van der Waals surface area contributed by atoms with Gasteiger partial charge in [-0.2, -0.15) is 5.26 Å². The second-order valence-corrected chi connectivity index (χ2v) is 7.76. The standard InChI is InChI=1S/C19H24ClN5O3/c1-19(2,3)28-18(27)25-8-6-24(7-9-25)12-13(11-21)17(26)23-16-5-4-14(22)10-15(16)20/h4-5,10,12H,6-9,22H2,1-3H3,(H,23,26)/b13-12-. The Kier molecular flexibility index (Phi) is 6.75. The molecule has 2 amide bonds. The molecule has 0 aromatic heterocycles. The minimum atomic E-state index is -0.566. The molecule has 0 aliphatic carbocycles. The summed E-state index contributed by atoms with van der Waals surface area (Å²) in [6.45, 7) is 7.30. The number of nitrogen functional groups attached to an aromatic ring is 1. The Labute approximate surface area is 169 Å². The lowest BCUT2D eigenvalue weighted by Crippen LogP contribution is -2.48. The van der Waals surface area contributed by atoms with Gasteiger partial charge in [0.25, 0.3) is 5.91 Å². The maximum atomic E-state index is 12.4. The summed E-state index contributed by atoms with van der Waals surface area (Å²) in [7, 11) is 0. The lowest BCUT2D eigenvalue weighted by molar-refractivity contribution is -0.112. The first-order chi connectivity index (χ1) is 13.1. The predicted octanol–water partition coefficient (Wildman–Crippen LogP) is 2.82. The van der Waals surface area contributed by atoms with E-state index < -0.39 is 11.5 Å². The molecule has 1 aromatic rings. The molecular formula is C19H24ClN5O3. The number of hydrogen-bond acceptors (Lipinski definition) is 6. The number of amides is 2. The molecule has 150 valence electrons. The smallest absolute Gasteiger partial charge is 0.410 e. The highest BCUT2D eigenvalue weighted by Gasteiger charge is 2.25. The monoisotopic (exact) mass is 405 g/mol. The highest BCUT2D eigenvalue weighted by atomic mass is 35.5. The molecule has 0 radical (unpaired) electrons. The number of hydrogen-bond donors (Lipinski definition) is 2. The molecule has 1 heterocycles. The van der Waals surface area contributed by atoms with E-state index in [0.717, 1.165) is 0 Å². The zero-order valence-electron chi connectivity index (χ0n) is 16.2. The van der Waals surface area contributed by atoms with Gasteiger partial charge in [-0.25, -0.2) is 4.79 Å². The average Bonchev–Trinajstić information content (AvgIpc) is 2.61. The van der Waals surface area contributed by atoms with Gasteiger partial charge in [0.15, 0.2) is 0 Å². The largest absolute Gasteiger partial charge is 0.444 e. The van der Waals surface area contributed by atoms with Crippen LogP contribution in [0.15, 0.2) is 30.0 Å². The van der Waals surface area contributed by atoms with E-state index in [4.69, 9.17) is 22.1 Å². The molecule has 0 saturated carbocycles. The first-order valence-corrected chi connectivity index (χ1v) is 9.17. The van der Waals surface area contributed by atoms with Crippen molar-refractivity contribution in [3.63, 3.8) is 0 Å². The molecule has 2 rings (SSSR count). The van der Waals surface area contributed by atoms with Gasteiger partial charge in [0.05, 0.1) is 10.7 Å². The summed E-state index contributed by atoms with van der Waals surface area (Å²) in [5, 5.41) is 12.2. The Bertz CT molecular complexity index is 818. The van der Waals surface area contributed by atoms with Gasteiger partial charge in [-0.1, -0.05) is 11.6 Å². The third-order valence-corrected chi connectivity index (χ3v) is 4.20. The Morgan fingerprint density at radius 2 is 1.93 bits per heavy atom. The second kappa shape index (κ2) is 8.85. The van der Waals surface area contributed by atoms with Crippen molar-refractivity contribution in [1.82, 2.24) is 9.80 Å². The van der Waals surface area contributed by atoms with E-state index in [-0.39, 0.29) is 16.7 Å². The molecule has 1 fully saturated rings. The van der Waals surface area contributed by atoms with Gasteiger partial charge >= 0.3 is 6.09 Å². The van der Waals surface area contributed by atoms with Crippen molar-refractivity contribution in [2.75, 3.05) is 37.2 Å². The number of anilines is 2. The summed E-state index contributed by atoms with van der Waals surface area (Å²) in [5.41, 5.74) is 5.87. The van der Waals surface area contributed by atoms with E-state index in [1.807, 2.05) is 31.7 Å².